The zero-order chi connectivity index (χ0) is 13.5. The van der Waals surface area contributed by atoms with Crippen LogP contribution in [0.2, 0.25) is 0 Å². The van der Waals surface area contributed by atoms with Gasteiger partial charge in [-0.05, 0) is 25.2 Å². The molecule has 0 aromatic rings. The molecule has 1 aliphatic rings. The van der Waals surface area contributed by atoms with E-state index in [1.54, 1.807) is 0 Å². The highest BCUT2D eigenvalue weighted by Crippen LogP contribution is 2.50. The lowest BCUT2D eigenvalue weighted by atomic mass is 9.74. The van der Waals surface area contributed by atoms with Crippen LogP contribution in [0.4, 0.5) is 22.0 Å². The summed E-state index contributed by atoms with van der Waals surface area (Å²) in [5.41, 5.74) is -8.45. The standard InChI is InChI=1S/C10H9F5O2/c1-2-4-9(13)8(12,7(16)17)5-3-6(11)10(9,14)15/h2-6H,1H3,(H,16,17)/p-1. The number of aliphatic carboxylic acids is 1. The summed E-state index contributed by atoms with van der Waals surface area (Å²) in [6, 6.07) is 0. The van der Waals surface area contributed by atoms with E-state index < -0.39 is 29.4 Å². The van der Waals surface area contributed by atoms with Crippen molar-refractivity contribution in [3.8, 4) is 0 Å². The lowest BCUT2D eigenvalue weighted by Gasteiger charge is -2.44. The van der Waals surface area contributed by atoms with Crippen LogP contribution in [0.25, 0.3) is 0 Å². The number of halogens is 5. The Hall–Kier alpha value is -1.40. The molecular weight excluding hydrogens is 247 g/mol. The summed E-state index contributed by atoms with van der Waals surface area (Å²) in [4.78, 5) is 10.5. The van der Waals surface area contributed by atoms with E-state index >= 15 is 0 Å². The van der Waals surface area contributed by atoms with Gasteiger partial charge in [0.1, 0.15) is 0 Å². The highest BCUT2D eigenvalue weighted by Gasteiger charge is 2.71. The molecular formula is C10H8F5O2-. The van der Waals surface area contributed by atoms with Gasteiger partial charge in [-0.3, -0.25) is 0 Å². The quantitative estimate of drug-likeness (QED) is 0.550. The maximum atomic E-state index is 14.0. The SMILES string of the molecule is CC=CC1(F)C(F)(C(=O)[O-])C=CC(F)C1(F)F. The molecule has 3 atom stereocenters. The second kappa shape index (κ2) is 3.82. The molecule has 0 aliphatic heterocycles. The van der Waals surface area contributed by atoms with Crippen LogP contribution >= 0.6 is 0 Å². The van der Waals surface area contributed by atoms with E-state index in [1.165, 1.54) is 0 Å². The molecule has 17 heavy (non-hydrogen) atoms. The fourth-order valence-electron chi connectivity index (χ4n) is 1.58. The van der Waals surface area contributed by atoms with Crippen LogP contribution < -0.4 is 5.11 Å². The van der Waals surface area contributed by atoms with Crippen LogP contribution in [-0.2, 0) is 4.79 Å². The molecule has 0 amide bonds. The Morgan fingerprint density at radius 1 is 1.35 bits per heavy atom. The predicted octanol–water partition coefficient (Wildman–Crippen LogP) is 1.27. The van der Waals surface area contributed by atoms with Crippen molar-refractivity contribution in [1.29, 1.82) is 0 Å². The Morgan fingerprint density at radius 2 is 1.88 bits per heavy atom. The molecule has 0 aromatic heterocycles. The number of hydrogen-bond acceptors (Lipinski definition) is 2. The number of hydrogen-bond donors (Lipinski definition) is 0. The smallest absolute Gasteiger partial charge is 0.322 e. The van der Waals surface area contributed by atoms with Gasteiger partial charge >= 0.3 is 5.92 Å². The maximum Gasteiger partial charge on any atom is 0.322 e. The first-order chi connectivity index (χ1) is 7.63. The molecule has 0 heterocycles. The van der Waals surface area contributed by atoms with E-state index in [9.17, 15) is 31.9 Å². The number of carboxylic acid groups (broad SMARTS) is 1. The Bertz CT molecular complexity index is 392. The van der Waals surface area contributed by atoms with Gasteiger partial charge in [-0.25, -0.2) is 13.2 Å². The Labute approximate surface area is 93.4 Å². The molecule has 3 unspecified atom stereocenters. The Balaban J connectivity index is 3.53. The van der Waals surface area contributed by atoms with Gasteiger partial charge in [0.15, 0.2) is 6.17 Å². The monoisotopic (exact) mass is 255 g/mol. The van der Waals surface area contributed by atoms with Crippen molar-refractivity contribution >= 4 is 5.97 Å². The highest BCUT2D eigenvalue weighted by atomic mass is 19.3. The van der Waals surface area contributed by atoms with Crippen LogP contribution in [0.3, 0.4) is 0 Å². The summed E-state index contributed by atoms with van der Waals surface area (Å²) in [6.07, 6.45) is -2.58. The molecule has 0 bridgehead atoms. The first kappa shape index (κ1) is 13.7. The minimum Gasteiger partial charge on any atom is -0.546 e. The first-order valence-electron chi connectivity index (χ1n) is 4.58. The Kier molecular flexibility index (Phi) is 3.07. The molecule has 1 aliphatic carbocycles. The third-order valence-electron chi connectivity index (χ3n) is 2.55. The minimum atomic E-state index is -4.84. The number of alkyl halides is 5. The van der Waals surface area contributed by atoms with Crippen LogP contribution in [0.1, 0.15) is 6.92 Å². The molecule has 1 rings (SSSR count). The summed E-state index contributed by atoms with van der Waals surface area (Å²) in [5.74, 6) is -7.54. The molecule has 96 valence electrons. The summed E-state index contributed by atoms with van der Waals surface area (Å²) >= 11 is 0. The third kappa shape index (κ3) is 1.56. The van der Waals surface area contributed by atoms with Gasteiger partial charge in [-0.2, -0.15) is 8.78 Å². The zero-order valence-corrected chi connectivity index (χ0v) is 8.59. The predicted molar refractivity (Wildman–Crippen MR) is 46.5 cm³/mol. The average molecular weight is 255 g/mol. The summed E-state index contributed by atoms with van der Waals surface area (Å²) in [6.45, 7) is 1.07. The van der Waals surface area contributed by atoms with Crippen molar-refractivity contribution in [3.63, 3.8) is 0 Å². The van der Waals surface area contributed by atoms with Gasteiger partial charge in [0.05, 0.1) is 5.97 Å². The van der Waals surface area contributed by atoms with E-state index in [0.717, 1.165) is 6.92 Å². The second-order valence-electron chi connectivity index (χ2n) is 3.59. The molecule has 7 heteroatoms. The van der Waals surface area contributed by atoms with Crippen molar-refractivity contribution in [3.05, 3.63) is 24.3 Å². The molecule has 0 radical (unpaired) electrons. The summed E-state index contributed by atoms with van der Waals surface area (Å²) in [7, 11) is 0. The van der Waals surface area contributed by atoms with Crippen LogP contribution in [0, 0.1) is 0 Å². The number of allylic oxidation sites excluding steroid dienone is 3. The van der Waals surface area contributed by atoms with Gasteiger partial charge in [-0.1, -0.05) is 6.08 Å². The fraction of sp³-hybridized carbons (Fsp3) is 0.500. The molecule has 0 aromatic carbocycles. The van der Waals surface area contributed by atoms with E-state index in [4.69, 9.17) is 0 Å². The maximum absolute atomic E-state index is 14.0. The van der Waals surface area contributed by atoms with Crippen molar-refractivity contribution in [2.24, 2.45) is 0 Å². The van der Waals surface area contributed by atoms with E-state index in [2.05, 4.69) is 0 Å². The highest BCUT2D eigenvalue weighted by molar-refractivity contribution is 5.82. The van der Waals surface area contributed by atoms with E-state index in [-0.39, 0.29) is 18.2 Å². The fourth-order valence-corrected chi connectivity index (χ4v) is 1.58. The van der Waals surface area contributed by atoms with Crippen LogP contribution in [-0.4, -0.2) is 29.4 Å². The minimum absolute atomic E-state index is 0.0150. The van der Waals surface area contributed by atoms with Crippen molar-refractivity contribution in [2.75, 3.05) is 0 Å². The van der Waals surface area contributed by atoms with Gasteiger partial charge in [-0.15, -0.1) is 0 Å². The molecule has 0 saturated carbocycles. The second-order valence-corrected chi connectivity index (χ2v) is 3.59. The number of carbonyl (C=O) groups is 1. The van der Waals surface area contributed by atoms with Gasteiger partial charge in [0.2, 0.25) is 11.3 Å². The lowest BCUT2D eigenvalue weighted by Crippen LogP contribution is -2.68. The number of rotatable bonds is 2. The largest absolute Gasteiger partial charge is 0.546 e. The normalized spacial score (nSPS) is 40.7. The summed E-state index contributed by atoms with van der Waals surface area (Å²) < 4.78 is 67.3. The third-order valence-corrected chi connectivity index (χ3v) is 2.55. The van der Waals surface area contributed by atoms with Crippen molar-refractivity contribution < 1.29 is 31.9 Å². The average Bonchev–Trinajstić information content (AvgIpc) is 2.22. The number of carboxylic acids is 1. The van der Waals surface area contributed by atoms with Crippen molar-refractivity contribution in [2.45, 2.75) is 30.4 Å². The van der Waals surface area contributed by atoms with E-state index in [1.807, 2.05) is 0 Å². The van der Waals surface area contributed by atoms with Crippen molar-refractivity contribution in [1.82, 2.24) is 0 Å². The molecule has 0 N–H and O–H groups in total. The molecule has 0 spiro atoms. The van der Waals surface area contributed by atoms with Gasteiger partial charge < -0.3 is 9.90 Å². The van der Waals surface area contributed by atoms with Crippen LogP contribution in [0.5, 0.6) is 0 Å². The zero-order valence-electron chi connectivity index (χ0n) is 8.59. The van der Waals surface area contributed by atoms with Gasteiger partial charge in [0, 0.05) is 0 Å². The van der Waals surface area contributed by atoms with Gasteiger partial charge in [0.25, 0.3) is 0 Å². The topological polar surface area (TPSA) is 40.1 Å². The number of carbonyl (C=O) groups excluding carboxylic acids is 1. The Morgan fingerprint density at radius 3 is 2.29 bits per heavy atom. The first-order valence-corrected chi connectivity index (χ1v) is 4.58. The molecule has 0 fully saturated rings. The lowest BCUT2D eigenvalue weighted by molar-refractivity contribution is -0.329. The molecule has 2 nitrogen and oxygen atoms in total. The van der Waals surface area contributed by atoms with E-state index in [0.29, 0.717) is 6.08 Å². The van der Waals surface area contributed by atoms with Crippen LogP contribution in [0.15, 0.2) is 24.3 Å². The molecule has 0 saturated heterocycles. The summed E-state index contributed by atoms with van der Waals surface area (Å²) in [5, 5.41) is 10.5.